The van der Waals surface area contributed by atoms with E-state index in [9.17, 15) is 0 Å². The van der Waals surface area contributed by atoms with Crippen molar-refractivity contribution < 1.29 is 0 Å². The van der Waals surface area contributed by atoms with Crippen molar-refractivity contribution in [1.82, 2.24) is 10.6 Å². The Hall–Kier alpha value is -0.0800. The van der Waals surface area contributed by atoms with Gasteiger partial charge in [0.2, 0.25) is 0 Å². The minimum atomic E-state index is 0.899. The molecule has 2 atom stereocenters. The first-order chi connectivity index (χ1) is 6.80. The summed E-state index contributed by atoms with van der Waals surface area (Å²) >= 11 is 0. The molecule has 1 heterocycles. The fourth-order valence-electron chi connectivity index (χ4n) is 2.09. The van der Waals surface area contributed by atoms with Crippen molar-refractivity contribution in [3.8, 4) is 0 Å². The van der Waals surface area contributed by atoms with E-state index in [4.69, 9.17) is 0 Å². The zero-order valence-corrected chi connectivity index (χ0v) is 9.81. The normalized spacial score (nSPS) is 33.0. The van der Waals surface area contributed by atoms with Crippen LogP contribution in [0.1, 0.15) is 39.5 Å². The number of hydrogen-bond donors (Lipinski definition) is 2. The minimum Gasteiger partial charge on any atom is -0.315 e. The summed E-state index contributed by atoms with van der Waals surface area (Å²) in [7, 11) is 0. The van der Waals surface area contributed by atoms with Gasteiger partial charge in [-0.1, -0.05) is 13.8 Å². The van der Waals surface area contributed by atoms with Crippen LogP contribution in [0.4, 0.5) is 0 Å². The summed E-state index contributed by atoms with van der Waals surface area (Å²) in [5, 5.41) is 6.95. The van der Waals surface area contributed by atoms with Crippen LogP contribution in [-0.2, 0) is 0 Å². The lowest BCUT2D eigenvalue weighted by Crippen LogP contribution is -2.29. The molecule has 2 unspecified atom stereocenters. The van der Waals surface area contributed by atoms with E-state index < -0.39 is 0 Å². The monoisotopic (exact) mass is 198 g/mol. The highest BCUT2D eigenvalue weighted by atomic mass is 14.9. The average Bonchev–Trinajstić information content (AvgIpc) is 2.18. The number of hydrogen-bond acceptors (Lipinski definition) is 2. The largest absolute Gasteiger partial charge is 0.315 e. The van der Waals surface area contributed by atoms with Crippen LogP contribution in [0.25, 0.3) is 0 Å². The van der Waals surface area contributed by atoms with E-state index in [1.54, 1.807) is 0 Å². The third kappa shape index (κ3) is 4.97. The number of nitrogens with one attached hydrogen (secondary N) is 2. The van der Waals surface area contributed by atoms with Gasteiger partial charge < -0.3 is 10.6 Å². The summed E-state index contributed by atoms with van der Waals surface area (Å²) in [5.74, 6) is 1.80. The van der Waals surface area contributed by atoms with Crippen molar-refractivity contribution in [1.29, 1.82) is 0 Å². The Morgan fingerprint density at radius 2 is 1.14 bits per heavy atom. The first-order valence-electron chi connectivity index (χ1n) is 6.22. The molecule has 1 saturated heterocycles. The molecule has 1 fully saturated rings. The molecule has 1 aliphatic rings. The van der Waals surface area contributed by atoms with E-state index in [1.165, 1.54) is 38.8 Å². The second-order valence-electron chi connectivity index (χ2n) is 4.74. The van der Waals surface area contributed by atoms with Gasteiger partial charge >= 0.3 is 0 Å². The fourth-order valence-corrected chi connectivity index (χ4v) is 2.09. The maximum atomic E-state index is 3.48. The molecule has 0 spiro atoms. The second kappa shape index (κ2) is 7.24. The van der Waals surface area contributed by atoms with E-state index in [-0.39, 0.29) is 0 Å². The molecule has 0 aromatic heterocycles. The summed E-state index contributed by atoms with van der Waals surface area (Å²) in [6.07, 6.45) is 5.46. The Labute approximate surface area is 88.8 Å². The van der Waals surface area contributed by atoms with Crippen LogP contribution in [0.15, 0.2) is 0 Å². The molecule has 0 aromatic carbocycles. The maximum Gasteiger partial charge on any atom is 0.00767 e. The predicted octanol–water partition coefficient (Wildman–Crippen LogP) is 2.01. The van der Waals surface area contributed by atoms with E-state index in [2.05, 4.69) is 24.5 Å². The molecular formula is C12H26N2. The maximum absolute atomic E-state index is 3.48. The van der Waals surface area contributed by atoms with Gasteiger partial charge in [0, 0.05) is 13.1 Å². The highest BCUT2D eigenvalue weighted by molar-refractivity contribution is 4.65. The molecule has 0 aromatic rings. The van der Waals surface area contributed by atoms with Crippen LogP contribution >= 0.6 is 0 Å². The van der Waals surface area contributed by atoms with Crippen molar-refractivity contribution in [2.24, 2.45) is 11.8 Å². The van der Waals surface area contributed by atoms with Crippen LogP contribution in [-0.4, -0.2) is 26.2 Å². The molecule has 2 nitrogen and oxygen atoms in total. The lowest BCUT2D eigenvalue weighted by molar-refractivity contribution is 0.323. The van der Waals surface area contributed by atoms with E-state index in [1.807, 2.05) is 0 Å². The molecule has 0 saturated carbocycles. The quantitative estimate of drug-likeness (QED) is 0.622. The Balaban J connectivity index is 2.23. The average molecular weight is 198 g/mol. The zero-order valence-electron chi connectivity index (χ0n) is 9.81. The Morgan fingerprint density at radius 3 is 1.57 bits per heavy atom. The van der Waals surface area contributed by atoms with Gasteiger partial charge in [0.05, 0.1) is 0 Å². The van der Waals surface area contributed by atoms with E-state index in [0.29, 0.717) is 0 Å². The molecule has 1 rings (SSSR count). The van der Waals surface area contributed by atoms with Crippen LogP contribution in [0.5, 0.6) is 0 Å². The Kier molecular flexibility index (Phi) is 6.20. The topological polar surface area (TPSA) is 24.1 Å². The molecule has 14 heavy (non-hydrogen) atoms. The summed E-state index contributed by atoms with van der Waals surface area (Å²) < 4.78 is 0. The lowest BCUT2D eigenvalue weighted by Gasteiger charge is -2.21. The standard InChI is InChI=1S/C12H26N2/c1-11-5-3-7-13-9-10-14-8-4-6-12(11)2/h11-14H,3-10H2,1-2H3. The fraction of sp³-hybridized carbons (Fsp3) is 1.00. The molecule has 84 valence electrons. The van der Waals surface area contributed by atoms with E-state index >= 15 is 0 Å². The summed E-state index contributed by atoms with van der Waals surface area (Å²) in [6, 6.07) is 0. The van der Waals surface area contributed by atoms with Crippen LogP contribution in [0, 0.1) is 11.8 Å². The molecule has 2 heteroatoms. The van der Waals surface area contributed by atoms with Crippen molar-refractivity contribution in [2.75, 3.05) is 26.2 Å². The predicted molar refractivity (Wildman–Crippen MR) is 62.5 cm³/mol. The highest BCUT2D eigenvalue weighted by Crippen LogP contribution is 2.20. The summed E-state index contributed by atoms with van der Waals surface area (Å²) in [5.41, 5.74) is 0. The van der Waals surface area contributed by atoms with Gasteiger partial charge in [-0.15, -0.1) is 0 Å². The SMILES string of the molecule is CC1CCCNCCNCCCC1C. The Morgan fingerprint density at radius 1 is 0.714 bits per heavy atom. The third-order valence-corrected chi connectivity index (χ3v) is 3.48. The van der Waals surface area contributed by atoms with Gasteiger partial charge in [0.25, 0.3) is 0 Å². The van der Waals surface area contributed by atoms with Crippen molar-refractivity contribution in [3.05, 3.63) is 0 Å². The molecule has 0 bridgehead atoms. The van der Waals surface area contributed by atoms with Crippen LogP contribution in [0.3, 0.4) is 0 Å². The highest BCUT2D eigenvalue weighted by Gasteiger charge is 2.11. The summed E-state index contributed by atoms with van der Waals surface area (Å²) in [4.78, 5) is 0. The molecular weight excluding hydrogens is 172 g/mol. The lowest BCUT2D eigenvalue weighted by atomic mass is 9.88. The van der Waals surface area contributed by atoms with Gasteiger partial charge in [-0.05, 0) is 50.6 Å². The van der Waals surface area contributed by atoms with Crippen molar-refractivity contribution in [3.63, 3.8) is 0 Å². The molecule has 1 aliphatic heterocycles. The third-order valence-electron chi connectivity index (χ3n) is 3.48. The molecule has 0 aliphatic carbocycles. The molecule has 0 amide bonds. The van der Waals surface area contributed by atoms with E-state index in [0.717, 1.165) is 24.9 Å². The summed E-state index contributed by atoms with van der Waals surface area (Å²) in [6.45, 7) is 9.46. The van der Waals surface area contributed by atoms with Crippen LogP contribution < -0.4 is 10.6 Å². The van der Waals surface area contributed by atoms with Gasteiger partial charge in [-0.3, -0.25) is 0 Å². The smallest absolute Gasteiger partial charge is 0.00767 e. The second-order valence-corrected chi connectivity index (χ2v) is 4.74. The minimum absolute atomic E-state index is 0.899. The zero-order chi connectivity index (χ0) is 10.2. The first-order valence-corrected chi connectivity index (χ1v) is 6.22. The van der Waals surface area contributed by atoms with Crippen LogP contribution in [0.2, 0.25) is 0 Å². The molecule has 0 radical (unpaired) electrons. The molecule has 2 N–H and O–H groups in total. The van der Waals surface area contributed by atoms with Gasteiger partial charge in [0.1, 0.15) is 0 Å². The Bertz CT molecular complexity index is 120. The van der Waals surface area contributed by atoms with Gasteiger partial charge in [0.15, 0.2) is 0 Å². The van der Waals surface area contributed by atoms with Gasteiger partial charge in [-0.25, -0.2) is 0 Å². The van der Waals surface area contributed by atoms with Crippen molar-refractivity contribution in [2.45, 2.75) is 39.5 Å². The van der Waals surface area contributed by atoms with Gasteiger partial charge in [-0.2, -0.15) is 0 Å². The number of rotatable bonds is 0. The first kappa shape index (κ1) is 12.0. The van der Waals surface area contributed by atoms with Crippen molar-refractivity contribution >= 4 is 0 Å².